The summed E-state index contributed by atoms with van der Waals surface area (Å²) in [6.45, 7) is 7.55. The van der Waals surface area contributed by atoms with Gasteiger partial charge in [-0.15, -0.1) is 0 Å². The maximum absolute atomic E-state index is 13.9. The molecular weight excluding hydrogens is 489 g/mol. The largest absolute Gasteiger partial charge is 0.456 e. The normalized spacial score (nSPS) is 11.7. The van der Waals surface area contributed by atoms with Crippen LogP contribution >= 0.6 is 0 Å². The molecule has 0 unspecified atom stereocenters. The van der Waals surface area contributed by atoms with Crippen molar-refractivity contribution in [2.75, 3.05) is 20.3 Å². The first-order valence-electron chi connectivity index (χ1n) is 12.2. The summed E-state index contributed by atoms with van der Waals surface area (Å²) in [5.74, 6) is 0.226. The Morgan fingerprint density at radius 3 is 2.45 bits per heavy atom. The Bertz CT molecular complexity index is 1560. The van der Waals surface area contributed by atoms with E-state index in [4.69, 9.17) is 9.47 Å². The number of carbonyl (C=O) groups excluding carboxylic acids is 1. The highest BCUT2D eigenvalue weighted by Crippen LogP contribution is 2.40. The second kappa shape index (κ2) is 10.4. The van der Waals surface area contributed by atoms with Gasteiger partial charge in [0.25, 0.3) is 11.5 Å². The van der Waals surface area contributed by atoms with Crippen LogP contribution in [0.15, 0.2) is 47.4 Å². The van der Waals surface area contributed by atoms with Gasteiger partial charge in [0, 0.05) is 38.0 Å². The first-order valence-corrected chi connectivity index (χ1v) is 12.2. The van der Waals surface area contributed by atoms with E-state index in [0.29, 0.717) is 63.4 Å². The molecule has 0 atom stereocenters. The molecule has 0 bridgehead atoms. The molecule has 0 saturated heterocycles. The van der Waals surface area contributed by atoms with Crippen LogP contribution in [-0.2, 0) is 17.4 Å². The number of methoxy groups -OCH3 is 1. The van der Waals surface area contributed by atoms with E-state index in [0.717, 1.165) is 0 Å². The minimum atomic E-state index is -1.16. The SMILES string of the molecule is COCCNC(=O)c1cc2c(=O)n(C)cc(-c3cc(C(C)(C)O)ccc3Oc3c(C)cc(F)cc3C)c2[nH]1. The zero-order chi connectivity index (χ0) is 27.8. The Balaban J connectivity index is 1.93. The van der Waals surface area contributed by atoms with Crippen molar-refractivity contribution in [3.05, 3.63) is 81.2 Å². The van der Waals surface area contributed by atoms with Crippen molar-refractivity contribution in [2.24, 2.45) is 7.05 Å². The number of benzene rings is 2. The van der Waals surface area contributed by atoms with Crippen molar-refractivity contribution >= 4 is 16.8 Å². The minimum absolute atomic E-state index is 0.229. The van der Waals surface area contributed by atoms with Gasteiger partial charge in [-0.05, 0) is 74.7 Å². The van der Waals surface area contributed by atoms with Gasteiger partial charge in [0.1, 0.15) is 23.0 Å². The Kier molecular flexibility index (Phi) is 7.44. The molecule has 3 N–H and O–H groups in total. The molecule has 200 valence electrons. The molecule has 38 heavy (non-hydrogen) atoms. The highest BCUT2D eigenvalue weighted by atomic mass is 19.1. The molecule has 0 fully saturated rings. The van der Waals surface area contributed by atoms with Gasteiger partial charge in [0.05, 0.1) is 23.1 Å². The van der Waals surface area contributed by atoms with Crippen molar-refractivity contribution in [3.8, 4) is 22.6 Å². The first-order chi connectivity index (χ1) is 17.9. The van der Waals surface area contributed by atoms with Gasteiger partial charge in [-0.25, -0.2) is 4.39 Å². The van der Waals surface area contributed by atoms with Crippen LogP contribution in [0.3, 0.4) is 0 Å². The van der Waals surface area contributed by atoms with E-state index in [1.54, 1.807) is 66.2 Å². The summed E-state index contributed by atoms with van der Waals surface area (Å²) in [4.78, 5) is 28.9. The lowest BCUT2D eigenvalue weighted by atomic mass is 9.93. The fourth-order valence-corrected chi connectivity index (χ4v) is 4.41. The van der Waals surface area contributed by atoms with Crippen molar-refractivity contribution in [1.82, 2.24) is 14.9 Å². The summed E-state index contributed by atoms with van der Waals surface area (Å²) in [7, 11) is 3.17. The molecule has 4 rings (SSSR count). The number of fused-ring (bicyclic) bond motifs is 1. The fraction of sp³-hybridized carbons (Fsp3) is 0.310. The number of halogens is 1. The van der Waals surface area contributed by atoms with E-state index in [1.807, 2.05) is 0 Å². The maximum atomic E-state index is 13.9. The Morgan fingerprint density at radius 1 is 1.13 bits per heavy atom. The summed E-state index contributed by atoms with van der Waals surface area (Å²) >= 11 is 0. The van der Waals surface area contributed by atoms with E-state index >= 15 is 0 Å². The Morgan fingerprint density at radius 2 is 1.82 bits per heavy atom. The van der Waals surface area contributed by atoms with Gasteiger partial charge in [-0.1, -0.05) is 6.07 Å². The number of aromatic amines is 1. The van der Waals surface area contributed by atoms with Crippen LogP contribution in [0.25, 0.3) is 22.0 Å². The van der Waals surface area contributed by atoms with E-state index in [2.05, 4.69) is 10.3 Å². The third kappa shape index (κ3) is 5.34. The smallest absolute Gasteiger partial charge is 0.267 e. The lowest BCUT2D eigenvalue weighted by Gasteiger charge is -2.22. The molecule has 2 aromatic heterocycles. The fourth-order valence-electron chi connectivity index (χ4n) is 4.41. The van der Waals surface area contributed by atoms with Crippen molar-refractivity contribution in [3.63, 3.8) is 0 Å². The number of aromatic nitrogens is 2. The molecule has 0 aliphatic carbocycles. The van der Waals surface area contributed by atoms with E-state index in [1.165, 1.54) is 22.8 Å². The molecule has 8 nitrogen and oxygen atoms in total. The van der Waals surface area contributed by atoms with E-state index in [9.17, 15) is 19.1 Å². The molecule has 1 amide bonds. The van der Waals surface area contributed by atoms with Crippen LogP contribution in [0.5, 0.6) is 11.5 Å². The standard InChI is InChI=1S/C29H32FN3O5/c1-16-11-19(30)12-17(2)26(16)38-24-8-7-18(29(3,4)36)13-20(24)22-15-33(5)28(35)21-14-23(32-25(21)22)27(34)31-9-10-37-6/h7-8,11-15,32,36H,9-10H2,1-6H3,(H,31,34). The molecule has 2 heterocycles. The summed E-state index contributed by atoms with van der Waals surface area (Å²) in [5, 5.41) is 13.8. The number of amides is 1. The maximum Gasteiger partial charge on any atom is 0.267 e. The highest BCUT2D eigenvalue weighted by molar-refractivity contribution is 6.02. The zero-order valence-corrected chi connectivity index (χ0v) is 22.4. The van der Waals surface area contributed by atoms with Crippen LogP contribution < -0.4 is 15.6 Å². The Hall–Kier alpha value is -3.95. The zero-order valence-electron chi connectivity index (χ0n) is 22.4. The lowest BCUT2D eigenvalue weighted by Crippen LogP contribution is -2.27. The van der Waals surface area contributed by atoms with Crippen LogP contribution in [0.4, 0.5) is 4.39 Å². The number of H-pyrrole nitrogens is 1. The lowest BCUT2D eigenvalue weighted by molar-refractivity contribution is 0.0786. The summed E-state index contributed by atoms with van der Waals surface area (Å²) in [5.41, 5.74) is 2.30. The number of hydrogen-bond acceptors (Lipinski definition) is 5. The molecular formula is C29H32FN3O5. The Labute approximate surface area is 220 Å². The van der Waals surface area contributed by atoms with Gasteiger partial charge >= 0.3 is 0 Å². The number of nitrogens with one attached hydrogen (secondary N) is 2. The van der Waals surface area contributed by atoms with Gasteiger partial charge in [0.2, 0.25) is 0 Å². The number of ether oxygens (including phenoxy) is 2. The van der Waals surface area contributed by atoms with Crippen LogP contribution in [0.2, 0.25) is 0 Å². The predicted octanol–water partition coefficient (Wildman–Crippen LogP) is 4.69. The van der Waals surface area contributed by atoms with Crippen molar-refractivity contribution in [1.29, 1.82) is 0 Å². The van der Waals surface area contributed by atoms with Gasteiger partial charge < -0.3 is 29.4 Å². The molecule has 0 saturated carbocycles. The van der Waals surface area contributed by atoms with Gasteiger partial charge in [-0.2, -0.15) is 0 Å². The second-order valence-corrected chi connectivity index (χ2v) is 9.92. The second-order valence-electron chi connectivity index (χ2n) is 9.92. The molecule has 9 heteroatoms. The van der Waals surface area contributed by atoms with Gasteiger partial charge in [0.15, 0.2) is 0 Å². The number of aryl methyl sites for hydroxylation is 3. The molecule has 0 radical (unpaired) electrons. The van der Waals surface area contributed by atoms with Crippen LogP contribution in [0.1, 0.15) is 41.0 Å². The van der Waals surface area contributed by atoms with E-state index < -0.39 is 5.60 Å². The van der Waals surface area contributed by atoms with Crippen molar-refractivity contribution < 1.29 is 23.8 Å². The highest BCUT2D eigenvalue weighted by Gasteiger charge is 2.23. The van der Waals surface area contributed by atoms with Crippen molar-refractivity contribution in [2.45, 2.75) is 33.3 Å². The molecule has 0 spiro atoms. The quantitative estimate of drug-likeness (QED) is 0.292. The predicted molar refractivity (Wildman–Crippen MR) is 144 cm³/mol. The summed E-state index contributed by atoms with van der Waals surface area (Å²) in [6.07, 6.45) is 1.66. The number of aliphatic hydroxyl groups is 1. The molecule has 0 aliphatic rings. The molecule has 4 aromatic rings. The van der Waals surface area contributed by atoms with Gasteiger partial charge in [-0.3, -0.25) is 9.59 Å². The monoisotopic (exact) mass is 521 g/mol. The number of hydrogen-bond donors (Lipinski definition) is 3. The first kappa shape index (κ1) is 27.1. The summed E-state index contributed by atoms with van der Waals surface area (Å²) in [6, 6.07) is 9.62. The number of pyridine rings is 1. The van der Waals surface area contributed by atoms with Crippen LogP contribution in [0, 0.1) is 19.7 Å². The third-order valence-electron chi connectivity index (χ3n) is 6.41. The minimum Gasteiger partial charge on any atom is -0.456 e. The third-order valence-corrected chi connectivity index (χ3v) is 6.41. The molecule has 2 aromatic carbocycles. The average molecular weight is 522 g/mol. The molecule has 0 aliphatic heterocycles. The van der Waals surface area contributed by atoms with E-state index in [-0.39, 0.29) is 23.0 Å². The number of nitrogens with zero attached hydrogens (tertiary/aromatic N) is 1. The number of carbonyl (C=O) groups is 1. The number of rotatable bonds is 8. The summed E-state index contributed by atoms with van der Waals surface area (Å²) < 4.78 is 26.7. The van der Waals surface area contributed by atoms with Crippen LogP contribution in [-0.4, -0.2) is 40.8 Å². The average Bonchev–Trinajstić information content (AvgIpc) is 3.29. The topological polar surface area (TPSA) is 106 Å².